The Morgan fingerprint density at radius 2 is 1.86 bits per heavy atom. The first-order chi connectivity index (χ1) is 21.0. The molecule has 0 aliphatic carbocycles. The van der Waals surface area contributed by atoms with Crippen molar-refractivity contribution in [3.8, 4) is 40.6 Å². The van der Waals surface area contributed by atoms with Gasteiger partial charge in [-0.1, -0.05) is 17.3 Å². The summed E-state index contributed by atoms with van der Waals surface area (Å²) in [5.41, 5.74) is 2.66. The van der Waals surface area contributed by atoms with Crippen LogP contribution in [-0.4, -0.2) is 62.1 Å². The highest BCUT2D eigenvalue weighted by Gasteiger charge is 2.26. The Balaban J connectivity index is 1.57. The molecule has 218 valence electrons. The molecule has 12 nitrogen and oxygen atoms in total. The van der Waals surface area contributed by atoms with Gasteiger partial charge >= 0.3 is 11.9 Å². The van der Waals surface area contributed by atoms with Crippen LogP contribution < -0.4 is 9.64 Å². The molecule has 0 radical (unpaired) electrons. The lowest BCUT2D eigenvalue weighted by Gasteiger charge is -2.28. The summed E-state index contributed by atoms with van der Waals surface area (Å²) in [4.78, 5) is 32.2. The number of aromatic nitrogens is 2. The highest BCUT2D eigenvalue weighted by atomic mass is 32.1. The average molecular weight is 600 g/mol. The van der Waals surface area contributed by atoms with Crippen LogP contribution in [0.15, 0.2) is 47.1 Å². The van der Waals surface area contributed by atoms with Gasteiger partial charge in [-0.2, -0.15) is 10.5 Å². The van der Waals surface area contributed by atoms with Gasteiger partial charge in [0.25, 0.3) is 0 Å². The van der Waals surface area contributed by atoms with Gasteiger partial charge in [-0.25, -0.2) is 14.6 Å². The van der Waals surface area contributed by atoms with Crippen LogP contribution in [0, 0.1) is 22.7 Å². The van der Waals surface area contributed by atoms with Crippen LogP contribution in [0.4, 0.5) is 5.69 Å². The largest absolute Gasteiger partial charge is 0.471 e. The second kappa shape index (κ2) is 13.2. The summed E-state index contributed by atoms with van der Waals surface area (Å²) in [5.74, 6) is -1.28. The van der Waals surface area contributed by atoms with Crippen LogP contribution in [0.3, 0.4) is 0 Å². The number of nitrogens with zero attached hydrogens (tertiary/aromatic N) is 5. The van der Waals surface area contributed by atoms with E-state index in [2.05, 4.69) is 21.1 Å². The Morgan fingerprint density at radius 1 is 1.09 bits per heavy atom. The number of hydrogen-bond acceptors (Lipinski definition) is 13. The van der Waals surface area contributed by atoms with Crippen molar-refractivity contribution in [3.63, 3.8) is 0 Å². The summed E-state index contributed by atoms with van der Waals surface area (Å²) >= 11 is 1.04. The minimum absolute atomic E-state index is 0.0146. The summed E-state index contributed by atoms with van der Waals surface area (Å²) < 4.78 is 26.8. The van der Waals surface area contributed by atoms with E-state index in [-0.39, 0.29) is 52.0 Å². The SMILES string of the molecule is CCOC(=O)c1cnoc1-c1cc(-c2ccc(N3CCOCC3)cc2)nc(OCc2sc(C(=O)OC)cc2C#N)c1C#N. The number of benzene rings is 1. The molecule has 4 aromatic rings. The predicted octanol–water partition coefficient (Wildman–Crippen LogP) is 4.59. The highest BCUT2D eigenvalue weighted by molar-refractivity contribution is 7.14. The molecule has 1 saturated heterocycles. The standard InChI is InChI=1S/C30H25N5O7S/c1-3-40-29(36)23-16-33-42-27(23)21-13-24(18-4-6-20(7-5-18)35-8-10-39-11-9-35)34-28(22(21)15-32)41-17-26-19(14-31)12-25(43-26)30(37)38-2/h4-7,12-13,16H,3,8-11,17H2,1-2H3. The molecule has 0 amide bonds. The number of pyridine rings is 1. The Kier molecular flexibility index (Phi) is 8.96. The zero-order valence-corrected chi connectivity index (χ0v) is 24.1. The molecular weight excluding hydrogens is 574 g/mol. The summed E-state index contributed by atoms with van der Waals surface area (Å²) in [6.45, 7) is 4.52. The van der Waals surface area contributed by atoms with Crippen molar-refractivity contribution in [1.82, 2.24) is 10.1 Å². The smallest absolute Gasteiger partial charge is 0.348 e. The molecule has 0 atom stereocenters. The van der Waals surface area contributed by atoms with E-state index < -0.39 is 11.9 Å². The molecule has 1 aliphatic heterocycles. The fourth-order valence-electron chi connectivity index (χ4n) is 4.48. The van der Waals surface area contributed by atoms with Gasteiger partial charge in [0.1, 0.15) is 34.7 Å². The third-order valence-corrected chi connectivity index (χ3v) is 7.69. The first kappa shape index (κ1) is 29.3. The Bertz CT molecular complexity index is 1730. The highest BCUT2D eigenvalue weighted by Crippen LogP contribution is 2.36. The third-order valence-electron chi connectivity index (χ3n) is 6.60. The summed E-state index contributed by atoms with van der Waals surface area (Å²) in [6, 6.07) is 14.9. The summed E-state index contributed by atoms with van der Waals surface area (Å²) in [7, 11) is 1.25. The van der Waals surface area contributed by atoms with Crippen molar-refractivity contribution in [2.24, 2.45) is 0 Å². The fraction of sp³-hybridized carbons (Fsp3) is 0.267. The Hall–Kier alpha value is -5.24. The van der Waals surface area contributed by atoms with E-state index in [0.717, 1.165) is 30.1 Å². The number of thiophene rings is 1. The van der Waals surface area contributed by atoms with Gasteiger partial charge in [-0.05, 0) is 31.2 Å². The summed E-state index contributed by atoms with van der Waals surface area (Å²) in [5, 5.41) is 23.6. The zero-order valence-electron chi connectivity index (χ0n) is 23.3. The van der Waals surface area contributed by atoms with Crippen molar-refractivity contribution in [2.45, 2.75) is 13.5 Å². The minimum atomic E-state index is -0.661. The Morgan fingerprint density at radius 3 is 2.53 bits per heavy atom. The lowest BCUT2D eigenvalue weighted by molar-refractivity contribution is 0.0525. The number of carbonyl (C=O) groups is 2. The second-order valence-electron chi connectivity index (χ2n) is 9.12. The topological polar surface area (TPSA) is 161 Å². The number of hydrogen-bond donors (Lipinski definition) is 0. The maximum absolute atomic E-state index is 12.7. The molecule has 0 unspecified atom stereocenters. The number of carbonyl (C=O) groups excluding carboxylic acids is 2. The number of morpholine rings is 1. The van der Waals surface area contributed by atoms with Crippen molar-refractivity contribution in [3.05, 3.63) is 69.0 Å². The number of anilines is 1. The number of ether oxygens (including phenoxy) is 4. The van der Waals surface area contributed by atoms with E-state index >= 15 is 0 Å². The van der Waals surface area contributed by atoms with Gasteiger partial charge in [-0.3, -0.25) is 0 Å². The molecule has 1 aliphatic rings. The van der Waals surface area contributed by atoms with Crippen molar-refractivity contribution >= 4 is 29.0 Å². The third kappa shape index (κ3) is 6.18. The maximum atomic E-state index is 12.7. The molecule has 43 heavy (non-hydrogen) atoms. The quantitative estimate of drug-likeness (QED) is 0.247. The molecule has 0 saturated carbocycles. The predicted molar refractivity (Wildman–Crippen MR) is 154 cm³/mol. The van der Waals surface area contributed by atoms with E-state index in [1.165, 1.54) is 19.4 Å². The van der Waals surface area contributed by atoms with Gasteiger partial charge < -0.3 is 28.4 Å². The first-order valence-electron chi connectivity index (χ1n) is 13.2. The van der Waals surface area contributed by atoms with Gasteiger partial charge in [0.2, 0.25) is 5.88 Å². The van der Waals surface area contributed by atoms with Crippen LogP contribution in [0.1, 0.15) is 43.0 Å². The number of methoxy groups -OCH3 is 1. The van der Waals surface area contributed by atoms with Crippen LogP contribution in [0.25, 0.3) is 22.6 Å². The first-order valence-corrected chi connectivity index (χ1v) is 14.0. The summed E-state index contributed by atoms with van der Waals surface area (Å²) in [6.07, 6.45) is 1.23. The molecule has 13 heteroatoms. The molecule has 1 fully saturated rings. The van der Waals surface area contributed by atoms with Crippen LogP contribution >= 0.6 is 11.3 Å². The minimum Gasteiger partial charge on any atom is -0.471 e. The molecule has 1 aromatic carbocycles. The lowest BCUT2D eigenvalue weighted by Crippen LogP contribution is -2.36. The monoisotopic (exact) mass is 599 g/mol. The molecule has 3 aromatic heterocycles. The van der Waals surface area contributed by atoms with E-state index in [0.29, 0.717) is 29.3 Å². The van der Waals surface area contributed by atoms with E-state index in [1.54, 1.807) is 13.0 Å². The van der Waals surface area contributed by atoms with Crippen LogP contribution in [0.2, 0.25) is 0 Å². The number of esters is 2. The molecule has 0 bridgehead atoms. The van der Waals surface area contributed by atoms with E-state index in [4.69, 9.17) is 23.5 Å². The van der Waals surface area contributed by atoms with E-state index in [1.807, 2.05) is 30.3 Å². The van der Waals surface area contributed by atoms with Crippen molar-refractivity contribution < 1.29 is 33.1 Å². The average Bonchev–Trinajstić information content (AvgIpc) is 3.71. The van der Waals surface area contributed by atoms with Gasteiger partial charge in [0, 0.05) is 29.9 Å². The fourth-order valence-corrected chi connectivity index (χ4v) is 5.42. The maximum Gasteiger partial charge on any atom is 0.348 e. The molecular formula is C30H25N5O7S. The van der Waals surface area contributed by atoms with Crippen molar-refractivity contribution in [2.75, 3.05) is 44.9 Å². The molecule has 0 spiro atoms. The van der Waals surface area contributed by atoms with Crippen molar-refractivity contribution in [1.29, 1.82) is 10.5 Å². The normalized spacial score (nSPS) is 12.7. The van der Waals surface area contributed by atoms with E-state index in [9.17, 15) is 20.1 Å². The Labute approximate surface area is 250 Å². The molecule has 4 heterocycles. The van der Waals surface area contributed by atoms with Gasteiger partial charge in [-0.15, -0.1) is 11.3 Å². The van der Waals surface area contributed by atoms with Gasteiger partial charge in [0.05, 0.1) is 49.3 Å². The van der Waals surface area contributed by atoms with Crippen LogP contribution in [0.5, 0.6) is 5.88 Å². The van der Waals surface area contributed by atoms with Crippen LogP contribution in [-0.2, 0) is 20.8 Å². The van der Waals surface area contributed by atoms with Gasteiger partial charge in [0.15, 0.2) is 5.76 Å². The molecule has 5 rings (SSSR count). The lowest BCUT2D eigenvalue weighted by atomic mass is 10.0. The zero-order chi connectivity index (χ0) is 30.3. The number of rotatable bonds is 9. The second-order valence-corrected chi connectivity index (χ2v) is 10.3. The number of nitriles is 2. The molecule has 0 N–H and O–H groups in total.